The second-order valence-electron chi connectivity index (χ2n) is 6.24. The normalized spacial score (nSPS) is 10.8. The average molecular weight is 422 g/mol. The van der Waals surface area contributed by atoms with E-state index in [1.54, 1.807) is 36.4 Å². The van der Waals surface area contributed by atoms with Crippen molar-refractivity contribution in [2.24, 2.45) is 0 Å². The summed E-state index contributed by atoms with van der Waals surface area (Å²) in [5, 5.41) is 23.4. The largest absolute Gasteiger partial charge is 0.352 e. The van der Waals surface area contributed by atoms with E-state index in [-0.39, 0.29) is 34.1 Å². The Kier molecular flexibility index (Phi) is 7.38. The molecule has 0 aliphatic heterocycles. The van der Waals surface area contributed by atoms with Gasteiger partial charge in [0.05, 0.1) is 34.2 Å². The van der Waals surface area contributed by atoms with Gasteiger partial charge in [0.1, 0.15) is 5.91 Å². The molecule has 0 fully saturated rings. The molecule has 3 aromatic carbocycles. The van der Waals surface area contributed by atoms with Gasteiger partial charge in [0, 0.05) is 12.1 Å². The van der Waals surface area contributed by atoms with Crippen LogP contribution in [0.15, 0.2) is 78.9 Å². The lowest BCUT2D eigenvalue weighted by Gasteiger charge is -2.18. The van der Waals surface area contributed by atoms with E-state index < -0.39 is 15.8 Å². The number of hydrogen-bond donors (Lipinski definition) is 0. The zero-order valence-electron chi connectivity index (χ0n) is 15.8. The van der Waals surface area contributed by atoms with Crippen LogP contribution in [0.3, 0.4) is 0 Å². The molecule has 0 aliphatic carbocycles. The monoisotopic (exact) mass is 422 g/mol. The number of rotatable bonds is 10. The van der Waals surface area contributed by atoms with E-state index in [1.165, 1.54) is 12.1 Å². The predicted molar refractivity (Wildman–Crippen MR) is 111 cm³/mol. The van der Waals surface area contributed by atoms with Gasteiger partial charge in [0.15, 0.2) is 9.52 Å². The predicted octanol–water partition coefficient (Wildman–Crippen LogP) is 3.55. The van der Waals surface area contributed by atoms with Crippen molar-refractivity contribution < 1.29 is 19.3 Å². The first-order chi connectivity index (χ1) is 14.5. The van der Waals surface area contributed by atoms with Crippen molar-refractivity contribution in [1.82, 2.24) is 0 Å². The van der Waals surface area contributed by atoms with E-state index in [4.69, 9.17) is 9.47 Å². The molecule has 0 bridgehead atoms. The number of nitro benzene ring substituents is 2. The van der Waals surface area contributed by atoms with Gasteiger partial charge in [0.2, 0.25) is 0 Å². The Morgan fingerprint density at radius 3 is 1.60 bits per heavy atom. The summed E-state index contributed by atoms with van der Waals surface area (Å²) in [6.07, 6.45) is 0. The Hall–Kier alpha value is -3.40. The summed E-state index contributed by atoms with van der Waals surface area (Å²) in [7, 11) is 0.0974. The average Bonchev–Trinajstić information content (AvgIpc) is 2.76. The number of hydrogen-bond acceptors (Lipinski definition) is 6. The molecular weight excluding hydrogens is 404 g/mol. The van der Waals surface area contributed by atoms with Gasteiger partial charge in [0.25, 0.3) is 11.4 Å². The SMILES string of the molecule is O=[N+]([O-])c1ccccc1COC(OCc1ccccc1[N+](=O)[O-])[Si]c1ccccc1. The molecule has 2 radical (unpaired) electrons. The Labute approximate surface area is 175 Å². The molecule has 152 valence electrons. The van der Waals surface area contributed by atoms with Crippen LogP contribution in [-0.4, -0.2) is 25.3 Å². The van der Waals surface area contributed by atoms with Crippen molar-refractivity contribution in [3.8, 4) is 0 Å². The second kappa shape index (κ2) is 10.4. The molecule has 30 heavy (non-hydrogen) atoms. The molecule has 9 heteroatoms. The van der Waals surface area contributed by atoms with Crippen LogP contribution in [-0.2, 0) is 22.7 Å². The zero-order chi connectivity index (χ0) is 21.3. The minimum absolute atomic E-state index is 0.0153. The molecular formula is C21H18N2O6Si. The third kappa shape index (κ3) is 5.80. The minimum Gasteiger partial charge on any atom is -0.352 e. The lowest BCUT2D eigenvalue weighted by Crippen LogP contribution is -2.32. The third-order valence-corrected chi connectivity index (χ3v) is 5.45. The maximum Gasteiger partial charge on any atom is 0.274 e. The molecule has 0 N–H and O–H groups in total. The fraction of sp³-hybridized carbons (Fsp3) is 0.143. The van der Waals surface area contributed by atoms with Crippen LogP contribution in [0.25, 0.3) is 0 Å². The molecule has 0 atom stereocenters. The highest BCUT2D eigenvalue weighted by Crippen LogP contribution is 2.21. The van der Waals surface area contributed by atoms with Gasteiger partial charge >= 0.3 is 0 Å². The van der Waals surface area contributed by atoms with Gasteiger partial charge in [-0.1, -0.05) is 59.8 Å². The Morgan fingerprint density at radius 2 is 1.13 bits per heavy atom. The first kappa shape index (κ1) is 21.3. The van der Waals surface area contributed by atoms with Crippen LogP contribution in [0.1, 0.15) is 11.1 Å². The van der Waals surface area contributed by atoms with Crippen molar-refractivity contribution in [2.45, 2.75) is 19.1 Å². The summed E-state index contributed by atoms with van der Waals surface area (Å²) in [5.74, 6) is -0.716. The van der Waals surface area contributed by atoms with Crippen LogP contribution in [0.5, 0.6) is 0 Å². The fourth-order valence-electron chi connectivity index (χ4n) is 2.75. The Balaban J connectivity index is 1.74. The number of benzene rings is 3. The van der Waals surface area contributed by atoms with Crippen LogP contribution in [0.2, 0.25) is 0 Å². The standard InChI is InChI=1S/C21H18N2O6Si/c24-22(25)19-12-6-4-8-16(19)14-28-21(30-18-10-2-1-3-11-18)29-15-17-9-5-7-13-20(17)23(26)27/h1-13,21H,14-15H2. The van der Waals surface area contributed by atoms with Crippen molar-refractivity contribution in [3.63, 3.8) is 0 Å². The van der Waals surface area contributed by atoms with Gasteiger partial charge in [-0.25, -0.2) is 0 Å². The zero-order valence-corrected chi connectivity index (χ0v) is 16.8. The van der Waals surface area contributed by atoms with Gasteiger partial charge in [-0.2, -0.15) is 0 Å². The van der Waals surface area contributed by atoms with E-state index in [2.05, 4.69) is 0 Å². The van der Waals surface area contributed by atoms with Crippen LogP contribution in [0.4, 0.5) is 11.4 Å². The summed E-state index contributed by atoms with van der Waals surface area (Å²) in [6, 6.07) is 22.2. The van der Waals surface area contributed by atoms with Crippen molar-refractivity contribution in [1.29, 1.82) is 0 Å². The van der Waals surface area contributed by atoms with Crippen molar-refractivity contribution >= 4 is 26.1 Å². The maximum absolute atomic E-state index is 11.2. The van der Waals surface area contributed by atoms with Crippen molar-refractivity contribution in [2.75, 3.05) is 0 Å². The number of para-hydroxylation sites is 2. The van der Waals surface area contributed by atoms with Gasteiger partial charge in [-0.15, -0.1) is 0 Å². The molecule has 0 aromatic heterocycles. The first-order valence-electron chi connectivity index (χ1n) is 9.04. The molecule has 0 heterocycles. The van der Waals surface area contributed by atoms with Gasteiger partial charge in [-0.3, -0.25) is 20.2 Å². The van der Waals surface area contributed by atoms with Crippen LogP contribution < -0.4 is 5.19 Å². The number of nitrogens with zero attached hydrogens (tertiary/aromatic N) is 2. The first-order valence-corrected chi connectivity index (χ1v) is 10.1. The topological polar surface area (TPSA) is 105 Å². The van der Waals surface area contributed by atoms with Crippen LogP contribution in [0, 0.1) is 20.2 Å². The van der Waals surface area contributed by atoms with Crippen molar-refractivity contribution in [3.05, 3.63) is 110 Å². The highest BCUT2D eigenvalue weighted by molar-refractivity contribution is 6.54. The van der Waals surface area contributed by atoms with Gasteiger partial charge in [-0.05, 0) is 12.1 Å². The highest BCUT2D eigenvalue weighted by atomic mass is 28.2. The minimum atomic E-state index is -0.716. The molecule has 0 spiro atoms. The smallest absolute Gasteiger partial charge is 0.274 e. The maximum atomic E-state index is 11.2. The summed E-state index contributed by atoms with van der Waals surface area (Å²) in [5.41, 5.74) is 0.801. The van der Waals surface area contributed by atoms with E-state index in [9.17, 15) is 20.2 Å². The molecule has 0 amide bonds. The third-order valence-electron chi connectivity index (χ3n) is 4.22. The quantitative estimate of drug-likeness (QED) is 0.214. The molecule has 0 saturated carbocycles. The summed E-state index contributed by atoms with van der Waals surface area (Å²) in [6.45, 7) is -0.0307. The molecule has 8 nitrogen and oxygen atoms in total. The molecule has 3 aromatic rings. The molecule has 0 aliphatic rings. The fourth-order valence-corrected chi connectivity index (χ4v) is 3.75. The van der Waals surface area contributed by atoms with E-state index in [1.807, 2.05) is 30.3 Å². The lowest BCUT2D eigenvalue weighted by molar-refractivity contribution is -0.386. The molecule has 3 rings (SSSR count). The van der Waals surface area contributed by atoms with Crippen LogP contribution >= 0.6 is 0 Å². The van der Waals surface area contributed by atoms with E-state index in [0.717, 1.165) is 5.19 Å². The van der Waals surface area contributed by atoms with Gasteiger partial charge < -0.3 is 9.47 Å². The summed E-state index contributed by atoms with van der Waals surface area (Å²) >= 11 is 0. The highest BCUT2D eigenvalue weighted by Gasteiger charge is 2.19. The summed E-state index contributed by atoms with van der Waals surface area (Å²) < 4.78 is 11.7. The lowest BCUT2D eigenvalue weighted by atomic mass is 10.2. The number of ether oxygens (including phenoxy) is 2. The molecule has 0 unspecified atom stereocenters. The summed E-state index contributed by atoms with van der Waals surface area (Å²) in [4.78, 5) is 21.5. The van der Waals surface area contributed by atoms with E-state index >= 15 is 0 Å². The molecule has 0 saturated heterocycles. The number of nitro groups is 2. The second-order valence-corrected chi connectivity index (χ2v) is 7.57. The van der Waals surface area contributed by atoms with E-state index in [0.29, 0.717) is 11.1 Å². The Bertz CT molecular complexity index is 954. The Morgan fingerprint density at radius 1 is 0.700 bits per heavy atom.